The summed E-state index contributed by atoms with van der Waals surface area (Å²) in [6, 6.07) is 9.26. The van der Waals surface area contributed by atoms with Crippen molar-refractivity contribution < 1.29 is 18.7 Å². The van der Waals surface area contributed by atoms with Gasteiger partial charge in [0.1, 0.15) is 0 Å². The van der Waals surface area contributed by atoms with Gasteiger partial charge in [-0.2, -0.15) is 0 Å². The van der Waals surface area contributed by atoms with Gasteiger partial charge in [-0.25, -0.2) is 19.3 Å². The molecule has 10 nitrogen and oxygen atoms in total. The van der Waals surface area contributed by atoms with E-state index in [2.05, 4.69) is 20.2 Å². The van der Waals surface area contributed by atoms with Crippen molar-refractivity contribution in [1.82, 2.24) is 30.1 Å². The zero-order valence-electron chi connectivity index (χ0n) is 25.1. The third-order valence-corrected chi connectivity index (χ3v) is 8.97. The molecule has 2 aliphatic heterocycles. The molecule has 4 heterocycles. The molecule has 2 aromatic heterocycles. The van der Waals surface area contributed by atoms with E-state index in [0.717, 1.165) is 37.1 Å². The molecule has 2 saturated heterocycles. The van der Waals surface area contributed by atoms with E-state index in [-0.39, 0.29) is 5.91 Å². The van der Waals surface area contributed by atoms with E-state index >= 15 is 0 Å². The zero-order valence-corrected chi connectivity index (χ0v) is 26.7. The maximum absolute atomic E-state index is 14.2. The third kappa shape index (κ3) is 8.01. The maximum atomic E-state index is 14.2. The molecule has 1 N–H and O–H groups in total. The van der Waals surface area contributed by atoms with Crippen molar-refractivity contribution in [3.8, 4) is 22.9 Å². The summed E-state index contributed by atoms with van der Waals surface area (Å²) in [6.07, 6.45) is 5.87. The third-order valence-electron chi connectivity index (χ3n) is 8.53. The number of pyridine rings is 1. The Morgan fingerprint density at radius 2 is 1.64 bits per heavy atom. The summed E-state index contributed by atoms with van der Waals surface area (Å²) in [5, 5.41) is 3.96. The van der Waals surface area contributed by atoms with Crippen LogP contribution in [0.4, 0.5) is 10.3 Å². The summed E-state index contributed by atoms with van der Waals surface area (Å²) in [7, 11) is 0. The summed E-state index contributed by atoms with van der Waals surface area (Å²) in [5.74, 6) is 1.43. The molecule has 238 valence electrons. The van der Waals surface area contributed by atoms with Gasteiger partial charge in [-0.15, -0.1) is 0 Å². The molecule has 6 rings (SSSR count). The lowest BCUT2D eigenvalue weighted by Gasteiger charge is -2.35. The second kappa shape index (κ2) is 13.4. The molecule has 3 aromatic rings. The first-order valence-corrected chi connectivity index (χ1v) is 16.1. The van der Waals surface area contributed by atoms with Crippen LogP contribution in [0.15, 0.2) is 42.7 Å². The smallest absolute Gasteiger partial charge is 0.260 e. The average Bonchev–Trinajstić information content (AvgIpc) is 3.78. The Morgan fingerprint density at radius 3 is 2.27 bits per heavy atom. The Morgan fingerprint density at radius 1 is 0.978 bits per heavy atom. The van der Waals surface area contributed by atoms with Gasteiger partial charge >= 0.3 is 0 Å². The highest BCUT2D eigenvalue weighted by Gasteiger charge is 2.53. The van der Waals surface area contributed by atoms with Crippen LogP contribution in [0.1, 0.15) is 38.2 Å². The number of carbonyl (C=O) groups excluding carboxylic acids is 2. The van der Waals surface area contributed by atoms with Gasteiger partial charge in [0, 0.05) is 67.9 Å². The van der Waals surface area contributed by atoms with E-state index < -0.39 is 11.6 Å². The SMILES string of the molecule is CC(=O)NCC1CCN(Cc2cc(Oc3cnc(N4CCN(C(=O)C5(F)CC5)CC4)nc3)nc(-c3cc(Cl)cc(Cl)c3)c2)CC1. The number of amides is 2. The molecule has 13 heteroatoms. The van der Waals surface area contributed by atoms with E-state index in [1.807, 2.05) is 29.2 Å². The van der Waals surface area contributed by atoms with Crippen molar-refractivity contribution in [2.24, 2.45) is 5.92 Å². The second-order valence-corrected chi connectivity index (χ2v) is 13.0. The molecular formula is C32H36Cl2FN7O3. The number of piperidine rings is 1. The van der Waals surface area contributed by atoms with Crippen molar-refractivity contribution in [3.05, 3.63) is 58.3 Å². The number of aromatic nitrogens is 3. The van der Waals surface area contributed by atoms with Crippen LogP contribution in [-0.4, -0.2) is 88.0 Å². The van der Waals surface area contributed by atoms with E-state index in [9.17, 15) is 14.0 Å². The van der Waals surface area contributed by atoms with E-state index in [4.69, 9.17) is 32.9 Å². The van der Waals surface area contributed by atoms with Gasteiger partial charge in [0.05, 0.1) is 18.1 Å². The van der Waals surface area contributed by atoms with Crippen LogP contribution in [0.5, 0.6) is 11.6 Å². The largest absolute Gasteiger partial charge is 0.436 e. The standard InChI is InChI=1S/C32H36Cl2FN7O3/c1-21(43)36-17-22-2-6-40(7-3-22)20-23-12-28(24-14-25(33)16-26(34)15-24)39-29(13-23)45-27-18-37-31(38-19-27)42-10-8-41(9-11-42)30(44)32(35)4-5-32/h12-16,18-19,22H,2-11,17,20H2,1H3,(H,36,43). The summed E-state index contributed by atoms with van der Waals surface area (Å²) >= 11 is 12.6. The fourth-order valence-corrected chi connectivity index (χ4v) is 6.34. The lowest BCUT2D eigenvalue weighted by Crippen LogP contribution is -2.51. The fourth-order valence-electron chi connectivity index (χ4n) is 5.81. The van der Waals surface area contributed by atoms with Crippen molar-refractivity contribution in [3.63, 3.8) is 0 Å². The lowest BCUT2D eigenvalue weighted by atomic mass is 9.96. The average molecular weight is 657 g/mol. The van der Waals surface area contributed by atoms with Gasteiger partial charge in [-0.05, 0) is 74.5 Å². The number of nitrogens with one attached hydrogen (secondary N) is 1. The quantitative estimate of drug-likeness (QED) is 0.338. The molecule has 3 fully saturated rings. The minimum absolute atomic E-state index is 0.00681. The predicted molar refractivity (Wildman–Crippen MR) is 170 cm³/mol. The summed E-state index contributed by atoms with van der Waals surface area (Å²) in [5.41, 5.74) is 0.835. The lowest BCUT2D eigenvalue weighted by molar-refractivity contribution is -0.138. The van der Waals surface area contributed by atoms with Gasteiger partial charge in [0.25, 0.3) is 5.91 Å². The Labute approximate surface area is 271 Å². The van der Waals surface area contributed by atoms with E-state index in [1.54, 1.807) is 30.3 Å². The second-order valence-electron chi connectivity index (χ2n) is 12.1. The number of halogens is 3. The van der Waals surface area contributed by atoms with E-state index in [0.29, 0.717) is 91.3 Å². The summed E-state index contributed by atoms with van der Waals surface area (Å²) < 4.78 is 20.4. The zero-order chi connectivity index (χ0) is 31.6. The van der Waals surface area contributed by atoms with Crippen molar-refractivity contribution in [1.29, 1.82) is 0 Å². The minimum Gasteiger partial charge on any atom is -0.436 e. The molecule has 0 spiro atoms. The van der Waals surface area contributed by atoms with Crippen molar-refractivity contribution >= 4 is 41.0 Å². The highest BCUT2D eigenvalue weighted by molar-refractivity contribution is 6.35. The van der Waals surface area contributed by atoms with Crippen LogP contribution in [0.3, 0.4) is 0 Å². The molecule has 3 aliphatic rings. The molecular weight excluding hydrogens is 620 g/mol. The first-order valence-electron chi connectivity index (χ1n) is 15.3. The number of anilines is 1. The fraction of sp³-hybridized carbons (Fsp3) is 0.469. The molecule has 0 radical (unpaired) electrons. The highest BCUT2D eigenvalue weighted by Crippen LogP contribution is 2.41. The highest BCUT2D eigenvalue weighted by atomic mass is 35.5. The number of rotatable bonds is 9. The molecule has 1 aromatic carbocycles. The van der Waals surface area contributed by atoms with Gasteiger partial charge in [0.2, 0.25) is 17.7 Å². The van der Waals surface area contributed by atoms with Gasteiger partial charge < -0.3 is 19.9 Å². The number of nitrogens with zero attached hydrogens (tertiary/aromatic N) is 6. The predicted octanol–water partition coefficient (Wildman–Crippen LogP) is 5.14. The number of carbonyl (C=O) groups is 2. The first-order chi connectivity index (χ1) is 21.6. The Hall–Kier alpha value is -3.54. The minimum atomic E-state index is -1.65. The Bertz CT molecular complexity index is 1520. The van der Waals surface area contributed by atoms with Crippen LogP contribution in [0, 0.1) is 5.92 Å². The van der Waals surface area contributed by atoms with Crippen molar-refractivity contribution in [2.45, 2.75) is 44.8 Å². The van der Waals surface area contributed by atoms with Crippen LogP contribution >= 0.6 is 23.2 Å². The topological polar surface area (TPSA) is 104 Å². The van der Waals surface area contributed by atoms with E-state index in [1.165, 1.54) is 0 Å². The normalized spacial score (nSPS) is 18.5. The number of hydrogen-bond donors (Lipinski definition) is 1. The molecule has 0 bridgehead atoms. The molecule has 45 heavy (non-hydrogen) atoms. The molecule has 1 aliphatic carbocycles. The maximum Gasteiger partial charge on any atom is 0.260 e. The van der Waals surface area contributed by atoms with Crippen LogP contribution < -0.4 is 15.0 Å². The summed E-state index contributed by atoms with van der Waals surface area (Å²) in [4.78, 5) is 43.4. The molecule has 2 amide bonds. The molecule has 1 saturated carbocycles. The molecule has 0 atom stereocenters. The van der Waals surface area contributed by atoms with Gasteiger partial charge in [-0.3, -0.25) is 14.5 Å². The number of piperazine rings is 1. The summed E-state index contributed by atoms with van der Waals surface area (Å²) in [6.45, 7) is 6.75. The Kier molecular flexibility index (Phi) is 9.39. The Balaban J connectivity index is 1.14. The van der Waals surface area contributed by atoms with Gasteiger partial charge in [-0.1, -0.05) is 23.2 Å². The van der Waals surface area contributed by atoms with Crippen molar-refractivity contribution in [2.75, 3.05) is 50.7 Å². The molecule has 0 unspecified atom stereocenters. The first kappa shape index (κ1) is 31.4. The van der Waals surface area contributed by atoms with Crippen LogP contribution in [0.25, 0.3) is 11.3 Å². The number of ether oxygens (including phenoxy) is 1. The number of benzene rings is 1. The monoisotopic (exact) mass is 655 g/mol. The van der Waals surface area contributed by atoms with Crippen LogP contribution in [0.2, 0.25) is 10.0 Å². The van der Waals surface area contributed by atoms with Crippen LogP contribution in [-0.2, 0) is 16.1 Å². The number of alkyl halides is 1. The number of likely N-dealkylation sites (tertiary alicyclic amines) is 1. The van der Waals surface area contributed by atoms with Gasteiger partial charge in [0.15, 0.2) is 11.4 Å². The number of hydrogen-bond acceptors (Lipinski definition) is 8.